The summed E-state index contributed by atoms with van der Waals surface area (Å²) in [5.41, 5.74) is 3.09. The molecule has 0 radical (unpaired) electrons. The van der Waals surface area contributed by atoms with Gasteiger partial charge in [0.25, 0.3) is 0 Å². The van der Waals surface area contributed by atoms with Crippen LogP contribution in [0.2, 0.25) is 0 Å². The van der Waals surface area contributed by atoms with Gasteiger partial charge in [-0.05, 0) is 62.1 Å². The van der Waals surface area contributed by atoms with Crippen LogP contribution in [0.25, 0.3) is 11.5 Å². The molecule has 1 fully saturated rings. The first kappa shape index (κ1) is 17.9. The zero-order valence-corrected chi connectivity index (χ0v) is 16.5. The van der Waals surface area contributed by atoms with Crippen molar-refractivity contribution in [1.82, 2.24) is 10.2 Å². The van der Waals surface area contributed by atoms with Crippen molar-refractivity contribution in [1.29, 1.82) is 0 Å². The van der Waals surface area contributed by atoms with Crippen LogP contribution in [-0.2, 0) is 11.2 Å². The highest BCUT2D eigenvalue weighted by Gasteiger charge is 2.36. The van der Waals surface area contributed by atoms with E-state index >= 15 is 0 Å². The smallest absolute Gasteiger partial charge is 0.230 e. The first-order valence-corrected chi connectivity index (χ1v) is 10.2. The standard InChI is InChI=1S/C23H24N4O2/c1-16-15-18-5-2-3-6-20(18)27(16)23(28)17-10-12-26(13-11-17)22-9-8-19(24-25-22)21-7-4-14-29-21/h2-9,14,16-17H,10-13,15H2,1H3/t16-/m1/s1. The van der Waals surface area contributed by atoms with Gasteiger partial charge in [-0.1, -0.05) is 18.2 Å². The maximum absolute atomic E-state index is 13.3. The maximum atomic E-state index is 13.3. The molecule has 0 aliphatic carbocycles. The van der Waals surface area contributed by atoms with Crippen molar-refractivity contribution in [3.05, 3.63) is 60.4 Å². The Kier molecular flexibility index (Phi) is 4.54. The van der Waals surface area contributed by atoms with Crippen LogP contribution in [0.3, 0.4) is 0 Å². The Morgan fingerprint density at radius 3 is 2.59 bits per heavy atom. The largest absolute Gasteiger partial charge is 0.463 e. The Morgan fingerprint density at radius 2 is 1.86 bits per heavy atom. The first-order chi connectivity index (χ1) is 14.2. The van der Waals surface area contributed by atoms with Gasteiger partial charge in [0.05, 0.1) is 6.26 Å². The number of hydrogen-bond acceptors (Lipinski definition) is 5. The summed E-state index contributed by atoms with van der Waals surface area (Å²) in [6, 6.07) is 16.1. The van der Waals surface area contributed by atoms with Gasteiger partial charge in [-0.15, -0.1) is 10.2 Å². The van der Waals surface area contributed by atoms with Crippen LogP contribution >= 0.6 is 0 Å². The first-order valence-electron chi connectivity index (χ1n) is 10.2. The number of anilines is 2. The van der Waals surface area contributed by atoms with Crippen molar-refractivity contribution in [2.75, 3.05) is 22.9 Å². The van der Waals surface area contributed by atoms with Crippen molar-refractivity contribution >= 4 is 17.4 Å². The average Bonchev–Trinajstić information content (AvgIpc) is 3.41. The second-order valence-electron chi connectivity index (χ2n) is 7.91. The minimum atomic E-state index is 0.0650. The summed E-state index contributed by atoms with van der Waals surface area (Å²) >= 11 is 0. The molecule has 0 unspecified atom stereocenters. The number of para-hydroxylation sites is 1. The number of amides is 1. The normalized spacial score (nSPS) is 19.4. The number of carbonyl (C=O) groups is 1. The molecule has 1 aromatic carbocycles. The second kappa shape index (κ2) is 7.35. The number of furan rings is 1. The van der Waals surface area contributed by atoms with Crippen molar-refractivity contribution in [3.8, 4) is 11.5 Å². The molecule has 6 nitrogen and oxygen atoms in total. The average molecular weight is 388 g/mol. The molecule has 1 atom stereocenters. The molecule has 6 heteroatoms. The molecule has 4 heterocycles. The molecule has 29 heavy (non-hydrogen) atoms. The quantitative estimate of drug-likeness (QED) is 0.680. The van der Waals surface area contributed by atoms with Crippen LogP contribution in [0.4, 0.5) is 11.5 Å². The fraction of sp³-hybridized carbons (Fsp3) is 0.348. The topological polar surface area (TPSA) is 62.5 Å². The minimum Gasteiger partial charge on any atom is -0.463 e. The molecule has 5 rings (SSSR count). The molecule has 148 valence electrons. The highest BCUT2D eigenvalue weighted by Crippen LogP contribution is 2.35. The van der Waals surface area contributed by atoms with Gasteiger partial charge in [0, 0.05) is 30.7 Å². The zero-order chi connectivity index (χ0) is 19.8. The van der Waals surface area contributed by atoms with E-state index in [1.807, 2.05) is 35.2 Å². The Hall–Kier alpha value is -3.15. The molecule has 2 aromatic heterocycles. The lowest BCUT2D eigenvalue weighted by atomic mass is 9.94. The molecular formula is C23H24N4O2. The fourth-order valence-corrected chi connectivity index (χ4v) is 4.50. The van der Waals surface area contributed by atoms with E-state index in [0.717, 1.165) is 49.6 Å². The summed E-state index contributed by atoms with van der Waals surface area (Å²) in [5, 5.41) is 8.66. The van der Waals surface area contributed by atoms with E-state index in [4.69, 9.17) is 4.42 Å². The Morgan fingerprint density at radius 1 is 1.03 bits per heavy atom. The monoisotopic (exact) mass is 388 g/mol. The van der Waals surface area contributed by atoms with Crippen molar-refractivity contribution in [2.45, 2.75) is 32.2 Å². The lowest BCUT2D eigenvalue weighted by Crippen LogP contribution is -2.45. The number of hydrogen-bond donors (Lipinski definition) is 0. The number of aromatic nitrogens is 2. The summed E-state index contributed by atoms with van der Waals surface area (Å²) in [5.74, 6) is 1.90. The van der Waals surface area contributed by atoms with E-state index in [1.54, 1.807) is 6.26 Å². The van der Waals surface area contributed by atoms with E-state index in [-0.39, 0.29) is 17.9 Å². The van der Waals surface area contributed by atoms with Crippen molar-refractivity contribution in [3.63, 3.8) is 0 Å². The van der Waals surface area contributed by atoms with Crippen LogP contribution < -0.4 is 9.80 Å². The van der Waals surface area contributed by atoms with E-state index in [1.165, 1.54) is 5.56 Å². The van der Waals surface area contributed by atoms with Crippen molar-refractivity contribution in [2.24, 2.45) is 5.92 Å². The maximum Gasteiger partial charge on any atom is 0.230 e. The second-order valence-corrected chi connectivity index (χ2v) is 7.91. The molecular weight excluding hydrogens is 364 g/mol. The molecule has 0 N–H and O–H groups in total. The van der Waals surface area contributed by atoms with E-state index in [2.05, 4.69) is 40.2 Å². The Balaban J connectivity index is 1.24. The van der Waals surface area contributed by atoms with Gasteiger partial charge in [0.1, 0.15) is 5.69 Å². The molecule has 3 aromatic rings. The number of piperidine rings is 1. The third kappa shape index (κ3) is 3.28. The van der Waals surface area contributed by atoms with Crippen molar-refractivity contribution < 1.29 is 9.21 Å². The zero-order valence-electron chi connectivity index (χ0n) is 16.5. The summed E-state index contributed by atoms with van der Waals surface area (Å²) in [6.45, 7) is 3.77. The van der Waals surface area contributed by atoms with Gasteiger partial charge in [-0.2, -0.15) is 0 Å². The summed E-state index contributed by atoms with van der Waals surface area (Å²) < 4.78 is 5.37. The minimum absolute atomic E-state index is 0.0650. The van der Waals surface area contributed by atoms with Gasteiger partial charge < -0.3 is 14.2 Å². The van der Waals surface area contributed by atoms with Crippen LogP contribution in [0.1, 0.15) is 25.3 Å². The molecule has 1 amide bonds. The third-order valence-corrected chi connectivity index (χ3v) is 6.04. The molecule has 2 aliphatic heterocycles. The van der Waals surface area contributed by atoms with Gasteiger partial charge in [0.2, 0.25) is 5.91 Å². The van der Waals surface area contributed by atoms with Crippen LogP contribution in [0, 0.1) is 5.92 Å². The van der Waals surface area contributed by atoms with Crippen LogP contribution in [0.15, 0.2) is 59.2 Å². The molecule has 0 saturated carbocycles. The highest BCUT2D eigenvalue weighted by atomic mass is 16.3. The lowest BCUT2D eigenvalue weighted by molar-refractivity contribution is -0.123. The Labute approximate surface area is 170 Å². The van der Waals surface area contributed by atoms with E-state index < -0.39 is 0 Å². The van der Waals surface area contributed by atoms with E-state index in [9.17, 15) is 4.79 Å². The number of rotatable bonds is 3. The predicted octanol–water partition coefficient (Wildman–Crippen LogP) is 3.93. The number of nitrogens with zero attached hydrogens (tertiary/aromatic N) is 4. The molecule has 1 saturated heterocycles. The van der Waals surface area contributed by atoms with Gasteiger partial charge in [-0.25, -0.2) is 0 Å². The Bertz CT molecular complexity index is 992. The van der Waals surface area contributed by atoms with Gasteiger partial charge in [0.15, 0.2) is 11.6 Å². The van der Waals surface area contributed by atoms with Gasteiger partial charge >= 0.3 is 0 Å². The molecule has 2 aliphatic rings. The van der Waals surface area contributed by atoms with E-state index in [0.29, 0.717) is 5.76 Å². The fourth-order valence-electron chi connectivity index (χ4n) is 4.50. The van der Waals surface area contributed by atoms with Crippen LogP contribution in [-0.4, -0.2) is 35.2 Å². The summed E-state index contributed by atoms with van der Waals surface area (Å²) in [4.78, 5) is 17.5. The number of benzene rings is 1. The summed E-state index contributed by atoms with van der Waals surface area (Å²) in [7, 11) is 0. The van der Waals surface area contributed by atoms with Gasteiger partial charge in [-0.3, -0.25) is 4.79 Å². The third-order valence-electron chi connectivity index (χ3n) is 6.04. The number of fused-ring (bicyclic) bond motifs is 1. The summed E-state index contributed by atoms with van der Waals surface area (Å²) in [6.07, 6.45) is 4.25. The SMILES string of the molecule is C[C@@H]1Cc2ccccc2N1C(=O)C1CCN(c2ccc(-c3ccco3)nn2)CC1. The predicted molar refractivity (Wildman–Crippen MR) is 112 cm³/mol. The number of carbonyl (C=O) groups excluding carboxylic acids is 1. The lowest BCUT2D eigenvalue weighted by Gasteiger charge is -2.35. The highest BCUT2D eigenvalue weighted by molar-refractivity contribution is 5.97. The molecule has 0 spiro atoms. The van der Waals surface area contributed by atoms with Crippen LogP contribution in [0.5, 0.6) is 0 Å². The molecule has 0 bridgehead atoms.